The van der Waals surface area contributed by atoms with Crippen molar-refractivity contribution in [1.82, 2.24) is 10.3 Å². The molecular weight excluding hydrogens is 264 g/mol. The summed E-state index contributed by atoms with van der Waals surface area (Å²) >= 11 is 1.95. The smallest absolute Gasteiger partial charge is 0.104 e. The van der Waals surface area contributed by atoms with Gasteiger partial charge in [-0.25, -0.2) is 4.98 Å². The van der Waals surface area contributed by atoms with Crippen LogP contribution < -0.4 is 5.32 Å². The van der Waals surface area contributed by atoms with Gasteiger partial charge >= 0.3 is 0 Å². The molecule has 20 heavy (non-hydrogen) atoms. The molecule has 104 valence electrons. The van der Waals surface area contributed by atoms with E-state index in [0.717, 1.165) is 19.5 Å². The van der Waals surface area contributed by atoms with Crippen LogP contribution in [-0.4, -0.2) is 11.5 Å². The van der Waals surface area contributed by atoms with Crippen LogP contribution in [0.4, 0.5) is 0 Å². The Labute approximate surface area is 124 Å². The van der Waals surface area contributed by atoms with E-state index in [1.165, 1.54) is 46.8 Å². The van der Waals surface area contributed by atoms with Gasteiger partial charge in [-0.15, -0.1) is 11.3 Å². The molecule has 2 nitrogen and oxygen atoms in total. The molecule has 1 aromatic heterocycles. The molecule has 0 atom stereocenters. The van der Waals surface area contributed by atoms with Gasteiger partial charge < -0.3 is 5.32 Å². The largest absolute Gasteiger partial charge is 0.311 e. The molecule has 2 aromatic rings. The lowest BCUT2D eigenvalue weighted by Crippen LogP contribution is -2.24. The van der Waals surface area contributed by atoms with Gasteiger partial charge in [0.05, 0.1) is 5.69 Å². The van der Waals surface area contributed by atoms with Crippen LogP contribution in [-0.2, 0) is 18.4 Å². The third-order valence-corrected chi connectivity index (χ3v) is 6.10. The van der Waals surface area contributed by atoms with E-state index in [2.05, 4.69) is 35.6 Å². The van der Waals surface area contributed by atoms with Crippen LogP contribution in [0.3, 0.4) is 0 Å². The molecule has 1 N–H and O–H groups in total. The molecule has 1 aliphatic heterocycles. The lowest BCUT2D eigenvalue weighted by atomic mass is 9.79. The van der Waals surface area contributed by atoms with Gasteiger partial charge in [0.25, 0.3) is 0 Å². The first-order valence-corrected chi connectivity index (χ1v) is 8.45. The molecule has 3 heteroatoms. The molecule has 2 aliphatic rings. The van der Waals surface area contributed by atoms with Crippen molar-refractivity contribution >= 4 is 11.3 Å². The molecule has 0 radical (unpaired) electrons. The second kappa shape index (κ2) is 4.97. The lowest BCUT2D eigenvalue weighted by molar-refractivity contribution is 0.528. The molecule has 1 aromatic carbocycles. The van der Waals surface area contributed by atoms with Crippen molar-refractivity contribution in [3.8, 4) is 0 Å². The molecule has 0 amide bonds. The first-order valence-electron chi connectivity index (χ1n) is 7.64. The van der Waals surface area contributed by atoms with E-state index in [1.807, 2.05) is 11.3 Å². The van der Waals surface area contributed by atoms with Gasteiger partial charge in [0.2, 0.25) is 0 Å². The summed E-state index contributed by atoms with van der Waals surface area (Å²) in [6, 6.07) is 11.0. The molecular formula is C17H20N2S. The van der Waals surface area contributed by atoms with Gasteiger partial charge in [0.15, 0.2) is 0 Å². The first kappa shape index (κ1) is 12.5. The van der Waals surface area contributed by atoms with Gasteiger partial charge in [-0.2, -0.15) is 0 Å². The summed E-state index contributed by atoms with van der Waals surface area (Å²) in [5, 5.41) is 4.84. The number of rotatable bonds is 2. The fraction of sp³-hybridized carbons (Fsp3) is 0.471. The molecule has 0 bridgehead atoms. The SMILES string of the molecule is c1ccc(C2(c3nc4c(s3)CNCC4)CCCC2)cc1. The molecule has 2 heterocycles. The van der Waals surface area contributed by atoms with Crippen molar-refractivity contribution in [3.05, 3.63) is 51.5 Å². The minimum Gasteiger partial charge on any atom is -0.311 e. The van der Waals surface area contributed by atoms with E-state index in [0.29, 0.717) is 0 Å². The van der Waals surface area contributed by atoms with Crippen molar-refractivity contribution in [2.75, 3.05) is 6.54 Å². The molecule has 0 spiro atoms. The lowest BCUT2D eigenvalue weighted by Gasteiger charge is -2.27. The van der Waals surface area contributed by atoms with Crippen LogP contribution in [0.15, 0.2) is 30.3 Å². The summed E-state index contributed by atoms with van der Waals surface area (Å²) in [7, 11) is 0. The fourth-order valence-electron chi connectivity index (χ4n) is 3.69. The molecule has 1 fully saturated rings. The van der Waals surface area contributed by atoms with Crippen LogP contribution in [0.1, 0.15) is 46.8 Å². The maximum atomic E-state index is 5.06. The minimum atomic E-state index is 0.198. The number of benzene rings is 1. The Hall–Kier alpha value is -1.19. The van der Waals surface area contributed by atoms with Crippen molar-refractivity contribution in [2.45, 2.75) is 44.1 Å². The number of hydrogen-bond donors (Lipinski definition) is 1. The zero-order chi connectivity index (χ0) is 13.4. The van der Waals surface area contributed by atoms with E-state index >= 15 is 0 Å². The van der Waals surface area contributed by atoms with Crippen molar-refractivity contribution in [1.29, 1.82) is 0 Å². The van der Waals surface area contributed by atoms with Crippen molar-refractivity contribution < 1.29 is 0 Å². The average molecular weight is 284 g/mol. The third-order valence-electron chi connectivity index (χ3n) is 4.80. The zero-order valence-corrected chi connectivity index (χ0v) is 12.5. The number of nitrogens with one attached hydrogen (secondary N) is 1. The standard InChI is InChI=1S/C17H20N2S/c1-2-6-13(7-3-1)17(9-4-5-10-17)16-19-14-8-11-18-12-15(14)20-16/h1-3,6-7,18H,4-5,8-12H2. The molecule has 1 saturated carbocycles. The predicted molar refractivity (Wildman–Crippen MR) is 83.2 cm³/mol. The van der Waals surface area contributed by atoms with Gasteiger partial charge in [0.1, 0.15) is 5.01 Å². The Morgan fingerprint density at radius 1 is 1.10 bits per heavy atom. The quantitative estimate of drug-likeness (QED) is 0.910. The second-order valence-corrected chi connectivity index (χ2v) is 7.05. The number of thiazole rings is 1. The Morgan fingerprint density at radius 2 is 1.90 bits per heavy atom. The van der Waals surface area contributed by atoms with Gasteiger partial charge in [-0.1, -0.05) is 43.2 Å². The molecule has 0 unspecified atom stereocenters. The monoisotopic (exact) mass is 284 g/mol. The van der Waals surface area contributed by atoms with Gasteiger partial charge in [-0.3, -0.25) is 0 Å². The van der Waals surface area contributed by atoms with Gasteiger partial charge in [-0.05, 0) is 18.4 Å². The summed E-state index contributed by atoms with van der Waals surface area (Å²) in [6.45, 7) is 2.09. The topological polar surface area (TPSA) is 24.9 Å². The highest BCUT2D eigenvalue weighted by molar-refractivity contribution is 7.12. The fourth-order valence-corrected chi connectivity index (χ4v) is 5.04. The molecule has 4 rings (SSSR count). The summed E-state index contributed by atoms with van der Waals surface area (Å²) in [4.78, 5) is 6.53. The molecule has 0 saturated heterocycles. The highest BCUT2D eigenvalue weighted by Crippen LogP contribution is 2.48. The third kappa shape index (κ3) is 1.92. The van der Waals surface area contributed by atoms with Crippen LogP contribution in [0.2, 0.25) is 0 Å². The number of fused-ring (bicyclic) bond motifs is 1. The van der Waals surface area contributed by atoms with Crippen LogP contribution >= 0.6 is 11.3 Å². The van der Waals surface area contributed by atoms with Crippen molar-refractivity contribution in [2.24, 2.45) is 0 Å². The Kier molecular flexibility index (Phi) is 3.12. The minimum absolute atomic E-state index is 0.198. The van der Waals surface area contributed by atoms with E-state index in [-0.39, 0.29) is 5.41 Å². The second-order valence-electron chi connectivity index (χ2n) is 5.97. The average Bonchev–Trinajstić information content (AvgIpc) is 3.15. The first-order chi connectivity index (χ1) is 9.88. The normalized spacial score (nSPS) is 20.8. The maximum Gasteiger partial charge on any atom is 0.104 e. The van der Waals surface area contributed by atoms with Gasteiger partial charge in [0, 0.05) is 29.8 Å². The number of nitrogens with zero attached hydrogens (tertiary/aromatic N) is 1. The zero-order valence-electron chi connectivity index (χ0n) is 11.7. The summed E-state index contributed by atoms with van der Waals surface area (Å²) in [5.41, 5.74) is 3.02. The van der Waals surface area contributed by atoms with Crippen molar-refractivity contribution in [3.63, 3.8) is 0 Å². The van der Waals surface area contributed by atoms with E-state index in [9.17, 15) is 0 Å². The summed E-state index contributed by atoms with van der Waals surface area (Å²) in [5.74, 6) is 0. The van der Waals surface area contributed by atoms with E-state index in [1.54, 1.807) is 0 Å². The highest BCUT2D eigenvalue weighted by atomic mass is 32.1. The summed E-state index contributed by atoms with van der Waals surface area (Å²) < 4.78 is 0. The number of aromatic nitrogens is 1. The Balaban J connectivity index is 1.81. The van der Waals surface area contributed by atoms with Crippen LogP contribution in [0, 0.1) is 0 Å². The summed E-state index contributed by atoms with van der Waals surface area (Å²) in [6.07, 6.45) is 6.28. The Morgan fingerprint density at radius 3 is 2.65 bits per heavy atom. The molecule has 1 aliphatic carbocycles. The maximum absolute atomic E-state index is 5.06. The highest BCUT2D eigenvalue weighted by Gasteiger charge is 2.40. The van der Waals surface area contributed by atoms with E-state index < -0.39 is 0 Å². The predicted octanol–water partition coefficient (Wildman–Crippen LogP) is 3.65. The Bertz CT molecular complexity index is 573. The van der Waals surface area contributed by atoms with Crippen LogP contribution in [0.25, 0.3) is 0 Å². The number of hydrogen-bond acceptors (Lipinski definition) is 3. The van der Waals surface area contributed by atoms with E-state index in [4.69, 9.17) is 4.98 Å². The van der Waals surface area contributed by atoms with Crippen LogP contribution in [0.5, 0.6) is 0 Å².